The summed E-state index contributed by atoms with van der Waals surface area (Å²) >= 11 is 0. The Labute approximate surface area is 151 Å². The minimum atomic E-state index is -1.42. The van der Waals surface area contributed by atoms with Crippen LogP contribution in [0.1, 0.15) is 40.5 Å². The van der Waals surface area contributed by atoms with Crippen LogP contribution in [0.3, 0.4) is 0 Å². The van der Waals surface area contributed by atoms with Crippen molar-refractivity contribution in [1.29, 1.82) is 0 Å². The number of hydrogen-bond acceptors (Lipinski definition) is 5. The summed E-state index contributed by atoms with van der Waals surface area (Å²) in [4.78, 5) is 0.675. The van der Waals surface area contributed by atoms with Crippen LogP contribution in [0, 0.1) is 0 Å². The van der Waals surface area contributed by atoms with Gasteiger partial charge in [0.1, 0.15) is 5.84 Å². The number of nitrogens with zero attached hydrogens (tertiary/aromatic N) is 1. The Kier molecular flexibility index (Phi) is 4.07. The van der Waals surface area contributed by atoms with Crippen molar-refractivity contribution in [3.63, 3.8) is 0 Å². The maximum atomic E-state index is 12.6. The maximum absolute atomic E-state index is 12.6. The molecule has 0 aromatic heterocycles. The van der Waals surface area contributed by atoms with E-state index in [4.69, 9.17) is 9.31 Å². The zero-order chi connectivity index (χ0) is 17.8. The van der Waals surface area contributed by atoms with E-state index in [1.165, 1.54) is 0 Å². The van der Waals surface area contributed by atoms with Crippen molar-refractivity contribution < 1.29 is 13.5 Å². The van der Waals surface area contributed by atoms with Crippen molar-refractivity contribution in [2.24, 2.45) is 4.40 Å². The third-order valence-corrected chi connectivity index (χ3v) is 6.63. The van der Waals surface area contributed by atoms with Crippen LogP contribution in [0.25, 0.3) is 0 Å². The van der Waals surface area contributed by atoms with Crippen LogP contribution < -0.4 is 16.1 Å². The molecule has 0 aliphatic carbocycles. The number of fused-ring (bicyclic) bond motifs is 1. The summed E-state index contributed by atoms with van der Waals surface area (Å²) in [6, 6.07) is 5.95. The molecular weight excluding hydrogens is 337 g/mol. The third-order valence-electron chi connectivity index (χ3n) is 5.55. The number of hydrogen-bond donors (Lipinski definition) is 2. The topological polar surface area (TPSA) is 72.0 Å². The van der Waals surface area contributed by atoms with Crippen LogP contribution in [0.15, 0.2) is 27.5 Å². The molecule has 2 saturated heterocycles. The molecule has 4 rings (SSSR count). The van der Waals surface area contributed by atoms with Gasteiger partial charge in [-0.2, -0.15) is 4.40 Å². The lowest BCUT2D eigenvalue weighted by Crippen LogP contribution is -2.41. The summed E-state index contributed by atoms with van der Waals surface area (Å²) in [5, 5.41) is 6.72. The maximum Gasteiger partial charge on any atom is 0.494 e. The molecule has 0 spiro atoms. The first-order chi connectivity index (χ1) is 11.8. The van der Waals surface area contributed by atoms with Gasteiger partial charge in [-0.15, -0.1) is 0 Å². The molecule has 2 atom stereocenters. The van der Waals surface area contributed by atoms with Gasteiger partial charge in [-0.3, -0.25) is 0 Å². The number of anilines is 1. The van der Waals surface area contributed by atoms with Crippen LogP contribution in [-0.4, -0.2) is 41.0 Å². The molecule has 25 heavy (non-hydrogen) atoms. The van der Waals surface area contributed by atoms with Crippen molar-refractivity contribution in [3.8, 4) is 0 Å². The first kappa shape index (κ1) is 17.2. The first-order valence-corrected chi connectivity index (χ1v) is 9.88. The number of benzene rings is 1. The van der Waals surface area contributed by atoms with E-state index in [1.807, 2.05) is 45.9 Å². The van der Waals surface area contributed by atoms with Crippen molar-refractivity contribution in [1.82, 2.24) is 5.32 Å². The molecule has 1 aromatic carbocycles. The number of amidine groups is 1. The van der Waals surface area contributed by atoms with Crippen molar-refractivity contribution in [3.05, 3.63) is 18.2 Å². The molecule has 3 aliphatic heterocycles. The van der Waals surface area contributed by atoms with Gasteiger partial charge in [0.25, 0.3) is 0 Å². The Hall–Kier alpha value is -1.22. The summed E-state index contributed by atoms with van der Waals surface area (Å²) in [5.74, 6) is 0.770. The minimum Gasteiger partial charge on any atom is -0.399 e. The molecule has 3 aliphatic rings. The van der Waals surface area contributed by atoms with E-state index in [-0.39, 0.29) is 6.04 Å². The molecule has 0 saturated carbocycles. The fraction of sp³-hybridized carbons (Fsp3) is 0.588. The first-order valence-electron chi connectivity index (χ1n) is 8.77. The molecule has 3 heterocycles. The quantitative estimate of drug-likeness (QED) is 0.783. The van der Waals surface area contributed by atoms with E-state index in [2.05, 4.69) is 15.0 Å². The van der Waals surface area contributed by atoms with Crippen LogP contribution in [0.4, 0.5) is 5.69 Å². The molecule has 6 nitrogen and oxygen atoms in total. The summed E-state index contributed by atoms with van der Waals surface area (Å²) in [6.45, 7) is 9.07. The van der Waals surface area contributed by atoms with E-state index in [0.29, 0.717) is 4.90 Å². The fourth-order valence-electron chi connectivity index (χ4n) is 3.28. The molecule has 8 heteroatoms. The molecule has 1 unspecified atom stereocenters. The van der Waals surface area contributed by atoms with Gasteiger partial charge in [-0.1, -0.05) is 6.07 Å². The summed E-state index contributed by atoms with van der Waals surface area (Å²) in [7, 11) is -1.88. The van der Waals surface area contributed by atoms with Crippen LogP contribution in [0.5, 0.6) is 0 Å². The van der Waals surface area contributed by atoms with E-state index in [9.17, 15) is 4.21 Å². The van der Waals surface area contributed by atoms with Gasteiger partial charge in [0.15, 0.2) is 11.0 Å². The minimum absolute atomic E-state index is 0.167. The summed E-state index contributed by atoms with van der Waals surface area (Å²) in [5.41, 5.74) is 0.914. The standard InChI is InChI=1S/C17H24BN3O3S/c1-16(2)17(3,4)24-18(23-16)11-7-8-12-14(10-11)25(22)21-15(20-12)13-6-5-9-19-13/h7-8,10,13,19H,5-6,9H2,1-4H3,(H,20,21)/t13-,25?/m0/s1. The van der Waals surface area contributed by atoms with Gasteiger partial charge < -0.3 is 19.9 Å². The largest absolute Gasteiger partial charge is 0.494 e. The van der Waals surface area contributed by atoms with Gasteiger partial charge in [-0.25, -0.2) is 4.21 Å². The van der Waals surface area contributed by atoms with E-state index >= 15 is 0 Å². The van der Waals surface area contributed by atoms with Crippen molar-refractivity contribution >= 4 is 35.1 Å². The Morgan fingerprint density at radius 3 is 2.60 bits per heavy atom. The summed E-state index contributed by atoms with van der Waals surface area (Å²) in [6.07, 6.45) is 2.14. The highest BCUT2D eigenvalue weighted by molar-refractivity contribution is 7.84. The lowest BCUT2D eigenvalue weighted by atomic mass is 9.79. The Morgan fingerprint density at radius 1 is 1.24 bits per heavy atom. The monoisotopic (exact) mass is 361 g/mol. The third kappa shape index (κ3) is 2.95. The fourth-order valence-corrected chi connectivity index (χ4v) is 4.27. The zero-order valence-corrected chi connectivity index (χ0v) is 15.9. The Balaban J connectivity index is 1.60. The Bertz CT molecular complexity index is 744. The molecule has 2 fully saturated rings. The predicted octanol–water partition coefficient (Wildman–Crippen LogP) is 1.58. The second-order valence-corrected chi connectivity index (χ2v) is 8.96. The highest BCUT2D eigenvalue weighted by Crippen LogP contribution is 2.37. The van der Waals surface area contributed by atoms with Crippen molar-refractivity contribution in [2.75, 3.05) is 11.9 Å². The second kappa shape index (κ2) is 5.91. The average Bonchev–Trinajstić information content (AvgIpc) is 3.14. The van der Waals surface area contributed by atoms with E-state index in [1.54, 1.807) is 0 Å². The number of rotatable bonds is 2. The van der Waals surface area contributed by atoms with E-state index in [0.717, 1.165) is 36.4 Å². The molecule has 1 aromatic rings. The average molecular weight is 361 g/mol. The van der Waals surface area contributed by atoms with E-state index < -0.39 is 29.3 Å². The summed E-state index contributed by atoms with van der Waals surface area (Å²) < 4.78 is 29.2. The zero-order valence-electron chi connectivity index (χ0n) is 15.1. The molecular formula is C17H24BN3O3S. The van der Waals surface area contributed by atoms with Gasteiger partial charge in [0.2, 0.25) is 0 Å². The van der Waals surface area contributed by atoms with Crippen LogP contribution in [-0.2, 0) is 20.3 Å². The predicted molar refractivity (Wildman–Crippen MR) is 101 cm³/mol. The molecule has 0 bridgehead atoms. The van der Waals surface area contributed by atoms with Gasteiger partial charge in [-0.05, 0) is 64.7 Å². The van der Waals surface area contributed by atoms with Gasteiger partial charge >= 0.3 is 7.12 Å². The highest BCUT2D eigenvalue weighted by atomic mass is 32.2. The molecule has 134 valence electrons. The van der Waals surface area contributed by atoms with Gasteiger partial charge in [0.05, 0.1) is 27.8 Å². The smallest absolute Gasteiger partial charge is 0.399 e. The van der Waals surface area contributed by atoms with Gasteiger partial charge in [0, 0.05) is 0 Å². The molecule has 2 N–H and O–H groups in total. The second-order valence-electron chi connectivity index (χ2n) is 7.84. The SMILES string of the molecule is CC1(C)OB(c2ccc3c(c2)S(=O)N=C([C@@H]2CCCN2)N3)OC1(C)C. The van der Waals surface area contributed by atoms with Crippen LogP contribution >= 0.6 is 0 Å². The molecule has 0 radical (unpaired) electrons. The lowest BCUT2D eigenvalue weighted by Gasteiger charge is -2.32. The normalized spacial score (nSPS) is 29.9. The Morgan fingerprint density at radius 2 is 1.96 bits per heavy atom. The number of nitrogens with one attached hydrogen (secondary N) is 2. The lowest BCUT2D eigenvalue weighted by molar-refractivity contribution is 0.00578. The van der Waals surface area contributed by atoms with Crippen LogP contribution in [0.2, 0.25) is 0 Å². The van der Waals surface area contributed by atoms with Crippen molar-refractivity contribution in [2.45, 2.75) is 62.7 Å². The highest BCUT2D eigenvalue weighted by Gasteiger charge is 2.51. The molecule has 0 amide bonds.